The van der Waals surface area contributed by atoms with E-state index in [-0.39, 0.29) is 0 Å². The molecule has 3 nitrogen and oxygen atoms in total. The molecule has 0 unspecified atom stereocenters. The Balaban J connectivity index is 2.10. The predicted octanol–water partition coefficient (Wildman–Crippen LogP) is 3.30. The fraction of sp³-hybridized carbons (Fsp3) is 0.625. The van der Waals surface area contributed by atoms with Gasteiger partial charge in [0.25, 0.3) is 0 Å². The third kappa shape index (κ3) is 7.06. The third-order valence-corrected chi connectivity index (χ3v) is 3.10. The molecule has 1 aromatic carbocycles. The Morgan fingerprint density at radius 1 is 1.11 bits per heavy atom. The minimum Gasteiger partial charge on any atom is -0.494 e. The number of hydrogen-bond donors (Lipinski definition) is 1. The van der Waals surface area contributed by atoms with Gasteiger partial charge in [-0.05, 0) is 38.1 Å². The number of hydrogen-bond acceptors (Lipinski definition) is 3. The van der Waals surface area contributed by atoms with Gasteiger partial charge in [0.2, 0.25) is 0 Å². The van der Waals surface area contributed by atoms with Crippen molar-refractivity contribution in [3.63, 3.8) is 0 Å². The van der Waals surface area contributed by atoms with Gasteiger partial charge in [0.1, 0.15) is 5.75 Å². The molecule has 0 aliphatic heterocycles. The highest BCUT2D eigenvalue weighted by Crippen LogP contribution is 2.19. The van der Waals surface area contributed by atoms with Crippen LogP contribution in [0.3, 0.4) is 0 Å². The van der Waals surface area contributed by atoms with Gasteiger partial charge in [0.15, 0.2) is 0 Å². The molecule has 108 valence electrons. The van der Waals surface area contributed by atoms with Gasteiger partial charge in [-0.15, -0.1) is 0 Å². The van der Waals surface area contributed by atoms with Crippen molar-refractivity contribution >= 4 is 5.69 Å². The second-order valence-corrected chi connectivity index (χ2v) is 5.01. The molecule has 1 aromatic rings. The van der Waals surface area contributed by atoms with E-state index >= 15 is 0 Å². The molecule has 0 atom stereocenters. The van der Waals surface area contributed by atoms with Gasteiger partial charge in [0, 0.05) is 25.8 Å². The number of benzene rings is 1. The molecule has 0 aromatic heterocycles. The Morgan fingerprint density at radius 3 is 2.63 bits per heavy atom. The maximum Gasteiger partial charge on any atom is 0.121 e. The summed E-state index contributed by atoms with van der Waals surface area (Å²) in [5.74, 6) is 0.971. The van der Waals surface area contributed by atoms with Gasteiger partial charge in [-0.25, -0.2) is 0 Å². The average Bonchev–Trinajstić information content (AvgIpc) is 2.42. The SMILES string of the molecule is CCNCCCCCCOc1cccc(N(C)C)c1. The van der Waals surface area contributed by atoms with Crippen molar-refractivity contribution in [1.82, 2.24) is 5.32 Å². The van der Waals surface area contributed by atoms with Crippen molar-refractivity contribution in [2.45, 2.75) is 32.6 Å². The zero-order valence-corrected chi connectivity index (χ0v) is 12.6. The molecule has 0 aliphatic rings. The van der Waals surface area contributed by atoms with E-state index in [0.717, 1.165) is 31.9 Å². The molecular weight excluding hydrogens is 236 g/mol. The molecule has 1 N–H and O–H groups in total. The van der Waals surface area contributed by atoms with Gasteiger partial charge in [0.05, 0.1) is 6.61 Å². The van der Waals surface area contributed by atoms with Crippen molar-refractivity contribution in [2.75, 3.05) is 38.7 Å². The normalized spacial score (nSPS) is 10.5. The van der Waals surface area contributed by atoms with Crippen molar-refractivity contribution < 1.29 is 4.74 Å². The molecule has 0 aliphatic carbocycles. The third-order valence-electron chi connectivity index (χ3n) is 3.10. The molecule has 0 bridgehead atoms. The molecule has 0 saturated heterocycles. The van der Waals surface area contributed by atoms with Crippen LogP contribution in [0.15, 0.2) is 24.3 Å². The zero-order chi connectivity index (χ0) is 13.9. The highest BCUT2D eigenvalue weighted by atomic mass is 16.5. The molecular formula is C16H28N2O. The summed E-state index contributed by atoms with van der Waals surface area (Å²) in [6.07, 6.45) is 4.94. The van der Waals surface area contributed by atoms with Crippen molar-refractivity contribution in [1.29, 1.82) is 0 Å². The van der Waals surface area contributed by atoms with Crippen LogP contribution < -0.4 is 15.0 Å². The Morgan fingerprint density at radius 2 is 1.89 bits per heavy atom. The smallest absolute Gasteiger partial charge is 0.121 e. The maximum absolute atomic E-state index is 5.78. The summed E-state index contributed by atoms with van der Waals surface area (Å²) in [6, 6.07) is 8.25. The molecule has 19 heavy (non-hydrogen) atoms. The molecule has 1 rings (SSSR count). The predicted molar refractivity (Wildman–Crippen MR) is 83.3 cm³/mol. The summed E-state index contributed by atoms with van der Waals surface area (Å²) in [7, 11) is 4.09. The van der Waals surface area contributed by atoms with Crippen molar-refractivity contribution in [3.8, 4) is 5.75 Å². The quantitative estimate of drug-likeness (QED) is 0.656. The molecule has 0 spiro atoms. The summed E-state index contributed by atoms with van der Waals surface area (Å²) in [4.78, 5) is 2.09. The van der Waals surface area contributed by atoms with Crippen molar-refractivity contribution in [2.24, 2.45) is 0 Å². The first-order chi connectivity index (χ1) is 9.24. The topological polar surface area (TPSA) is 24.5 Å². The van der Waals surface area contributed by atoms with Crippen LogP contribution in [0.5, 0.6) is 5.75 Å². The largest absolute Gasteiger partial charge is 0.494 e. The van der Waals surface area contributed by atoms with Crippen LogP contribution >= 0.6 is 0 Å². The number of nitrogens with zero attached hydrogens (tertiary/aromatic N) is 1. The number of anilines is 1. The fourth-order valence-corrected chi connectivity index (χ4v) is 1.92. The van der Waals surface area contributed by atoms with Crippen LogP contribution in [-0.2, 0) is 0 Å². The Bertz CT molecular complexity index is 339. The van der Waals surface area contributed by atoms with Gasteiger partial charge in [-0.3, -0.25) is 0 Å². The summed E-state index contributed by atoms with van der Waals surface area (Å²) in [6.45, 7) is 5.18. The van der Waals surface area contributed by atoms with E-state index in [1.165, 1.54) is 24.9 Å². The van der Waals surface area contributed by atoms with Crippen LogP contribution in [0.25, 0.3) is 0 Å². The zero-order valence-electron chi connectivity index (χ0n) is 12.6. The summed E-state index contributed by atoms with van der Waals surface area (Å²) >= 11 is 0. The standard InChI is InChI=1S/C16H28N2O/c1-4-17-12-7-5-6-8-13-19-16-11-9-10-15(14-16)18(2)3/h9-11,14,17H,4-8,12-13H2,1-3H3. The lowest BCUT2D eigenvalue weighted by Gasteiger charge is -2.14. The second-order valence-electron chi connectivity index (χ2n) is 5.01. The van der Waals surface area contributed by atoms with E-state index in [1.807, 2.05) is 26.2 Å². The highest BCUT2D eigenvalue weighted by Gasteiger charge is 1.98. The van der Waals surface area contributed by atoms with Crippen molar-refractivity contribution in [3.05, 3.63) is 24.3 Å². The summed E-state index contributed by atoms with van der Waals surface area (Å²) < 4.78 is 5.78. The molecule has 0 radical (unpaired) electrons. The first-order valence-corrected chi connectivity index (χ1v) is 7.35. The van der Waals surface area contributed by atoms with Gasteiger partial charge in [-0.2, -0.15) is 0 Å². The minimum atomic E-state index is 0.818. The summed E-state index contributed by atoms with van der Waals surface area (Å²) in [5, 5.41) is 3.35. The molecule has 0 heterocycles. The van der Waals surface area contributed by atoms with Gasteiger partial charge < -0.3 is 15.0 Å². The Kier molecular flexibility index (Phi) is 8.07. The molecule has 0 saturated carbocycles. The first kappa shape index (κ1) is 15.8. The van der Waals surface area contributed by atoms with Crippen LogP contribution in [0.1, 0.15) is 32.6 Å². The van der Waals surface area contributed by atoms with Crippen LogP contribution in [0.2, 0.25) is 0 Å². The van der Waals surface area contributed by atoms with E-state index in [0.29, 0.717) is 0 Å². The van der Waals surface area contributed by atoms with Crippen LogP contribution in [-0.4, -0.2) is 33.8 Å². The van der Waals surface area contributed by atoms with E-state index in [2.05, 4.69) is 29.3 Å². The maximum atomic E-state index is 5.78. The molecule has 3 heteroatoms. The monoisotopic (exact) mass is 264 g/mol. The number of nitrogens with one attached hydrogen (secondary N) is 1. The number of unbranched alkanes of at least 4 members (excludes halogenated alkanes) is 3. The van der Waals surface area contributed by atoms with E-state index < -0.39 is 0 Å². The summed E-state index contributed by atoms with van der Waals surface area (Å²) in [5.41, 5.74) is 1.18. The fourth-order valence-electron chi connectivity index (χ4n) is 1.92. The van der Waals surface area contributed by atoms with Gasteiger partial charge in [-0.1, -0.05) is 25.8 Å². The molecule has 0 fully saturated rings. The number of rotatable bonds is 10. The second kappa shape index (κ2) is 9.68. The van der Waals surface area contributed by atoms with E-state index in [1.54, 1.807) is 0 Å². The van der Waals surface area contributed by atoms with Crippen LogP contribution in [0.4, 0.5) is 5.69 Å². The first-order valence-electron chi connectivity index (χ1n) is 7.35. The van der Waals surface area contributed by atoms with E-state index in [9.17, 15) is 0 Å². The average molecular weight is 264 g/mol. The Hall–Kier alpha value is -1.22. The van der Waals surface area contributed by atoms with Crippen LogP contribution in [0, 0.1) is 0 Å². The molecule has 0 amide bonds. The minimum absolute atomic E-state index is 0.818. The number of ether oxygens (including phenoxy) is 1. The Labute approximate surface area is 118 Å². The highest BCUT2D eigenvalue weighted by molar-refractivity contribution is 5.49. The van der Waals surface area contributed by atoms with E-state index in [4.69, 9.17) is 4.74 Å². The lowest BCUT2D eigenvalue weighted by molar-refractivity contribution is 0.304. The lowest BCUT2D eigenvalue weighted by Crippen LogP contribution is -2.13. The van der Waals surface area contributed by atoms with Gasteiger partial charge >= 0.3 is 0 Å². The lowest BCUT2D eigenvalue weighted by atomic mass is 10.2.